The molecule has 2 aliphatic rings. The third kappa shape index (κ3) is 3.44. The fourth-order valence-corrected chi connectivity index (χ4v) is 3.80. The molecule has 126 valence electrons. The number of nitrogens with one attached hydrogen (secondary N) is 1. The van der Waals surface area contributed by atoms with Gasteiger partial charge in [-0.3, -0.25) is 4.79 Å². The average Bonchev–Trinajstić information content (AvgIpc) is 3.46. The minimum Gasteiger partial charge on any atom is -0.325 e. The van der Waals surface area contributed by atoms with Crippen molar-refractivity contribution in [1.29, 1.82) is 0 Å². The first-order valence-electron chi connectivity index (χ1n) is 8.29. The molecule has 2 aromatic rings. The Morgan fingerprint density at radius 2 is 2.12 bits per heavy atom. The number of carbonyl (C=O) groups excluding carboxylic acids is 1. The summed E-state index contributed by atoms with van der Waals surface area (Å²) in [4.78, 5) is 12.4. The van der Waals surface area contributed by atoms with Crippen molar-refractivity contribution >= 4 is 35.0 Å². The lowest BCUT2D eigenvalue weighted by Crippen LogP contribution is -2.23. The van der Waals surface area contributed by atoms with Gasteiger partial charge in [-0.25, -0.2) is 0 Å². The van der Waals surface area contributed by atoms with Crippen molar-refractivity contribution in [1.82, 2.24) is 14.8 Å². The molecule has 0 spiro atoms. The molecule has 2 saturated carbocycles. The van der Waals surface area contributed by atoms with Gasteiger partial charge in [-0.1, -0.05) is 29.4 Å². The van der Waals surface area contributed by atoms with Gasteiger partial charge in [-0.2, -0.15) is 0 Å². The number of thioether (sulfide) groups is 1. The van der Waals surface area contributed by atoms with Crippen LogP contribution in [0.15, 0.2) is 29.4 Å². The Balaban J connectivity index is 1.46. The average molecular weight is 363 g/mol. The van der Waals surface area contributed by atoms with E-state index in [0.717, 1.165) is 11.0 Å². The van der Waals surface area contributed by atoms with Crippen LogP contribution in [0.1, 0.15) is 50.4 Å². The number of halogens is 1. The second kappa shape index (κ2) is 6.41. The minimum atomic E-state index is -0.252. The Labute approximate surface area is 150 Å². The van der Waals surface area contributed by atoms with E-state index in [-0.39, 0.29) is 11.2 Å². The number of rotatable bonds is 6. The molecule has 0 bridgehead atoms. The van der Waals surface area contributed by atoms with Crippen LogP contribution >= 0.6 is 23.4 Å². The number of hydrogen-bond acceptors (Lipinski definition) is 4. The highest BCUT2D eigenvalue weighted by atomic mass is 35.5. The molecule has 1 heterocycles. The van der Waals surface area contributed by atoms with Gasteiger partial charge in [0, 0.05) is 22.7 Å². The fourth-order valence-electron chi connectivity index (χ4n) is 2.69. The molecule has 0 saturated heterocycles. The second-order valence-electron chi connectivity index (χ2n) is 6.48. The van der Waals surface area contributed by atoms with Gasteiger partial charge in [0.15, 0.2) is 5.16 Å². The van der Waals surface area contributed by atoms with E-state index in [0.29, 0.717) is 22.7 Å². The molecular formula is C17H19ClN4OS. The number of carbonyl (C=O) groups is 1. The molecule has 1 aromatic carbocycles. The van der Waals surface area contributed by atoms with Crippen LogP contribution in [0.25, 0.3) is 0 Å². The number of hydrogen-bond donors (Lipinski definition) is 1. The molecule has 1 amide bonds. The molecule has 2 aliphatic carbocycles. The summed E-state index contributed by atoms with van der Waals surface area (Å²) in [6.07, 6.45) is 4.80. The summed E-state index contributed by atoms with van der Waals surface area (Å²) >= 11 is 7.44. The van der Waals surface area contributed by atoms with Gasteiger partial charge in [0.2, 0.25) is 5.91 Å². The fraction of sp³-hybridized carbons (Fsp3) is 0.471. The van der Waals surface area contributed by atoms with Gasteiger partial charge < -0.3 is 9.88 Å². The highest BCUT2D eigenvalue weighted by Crippen LogP contribution is 2.46. The minimum absolute atomic E-state index is 0.0550. The quantitative estimate of drug-likeness (QED) is 0.780. The summed E-state index contributed by atoms with van der Waals surface area (Å²) < 4.78 is 2.27. The Morgan fingerprint density at radius 1 is 1.33 bits per heavy atom. The summed E-state index contributed by atoms with van der Waals surface area (Å²) in [5.41, 5.74) is 0.710. The van der Waals surface area contributed by atoms with E-state index in [4.69, 9.17) is 11.6 Å². The van der Waals surface area contributed by atoms with Crippen molar-refractivity contribution in [2.45, 2.75) is 55.0 Å². The molecule has 1 aromatic heterocycles. The summed E-state index contributed by atoms with van der Waals surface area (Å²) in [5, 5.41) is 12.9. The van der Waals surface area contributed by atoms with Gasteiger partial charge in [-0.05, 0) is 50.8 Å². The van der Waals surface area contributed by atoms with E-state index in [1.807, 2.05) is 19.1 Å². The Kier molecular flexibility index (Phi) is 4.26. The maximum absolute atomic E-state index is 12.4. The lowest BCUT2D eigenvalue weighted by molar-refractivity contribution is -0.115. The normalized spacial score (nSPS) is 18.4. The molecule has 1 atom stereocenters. The summed E-state index contributed by atoms with van der Waals surface area (Å²) in [6.45, 7) is 1.90. The smallest absolute Gasteiger partial charge is 0.237 e. The number of benzene rings is 1. The first-order chi connectivity index (χ1) is 11.6. The van der Waals surface area contributed by atoms with Crippen LogP contribution in [-0.4, -0.2) is 25.9 Å². The monoisotopic (exact) mass is 362 g/mol. The lowest BCUT2D eigenvalue weighted by Gasteiger charge is -2.13. The van der Waals surface area contributed by atoms with E-state index < -0.39 is 0 Å². The molecule has 0 radical (unpaired) electrons. The molecular weight excluding hydrogens is 344 g/mol. The van der Waals surface area contributed by atoms with Crippen molar-refractivity contribution < 1.29 is 4.79 Å². The maximum Gasteiger partial charge on any atom is 0.237 e. The molecule has 5 nitrogen and oxygen atoms in total. The highest BCUT2D eigenvalue weighted by Gasteiger charge is 2.37. The third-order valence-electron chi connectivity index (χ3n) is 4.29. The first kappa shape index (κ1) is 16.0. The van der Waals surface area contributed by atoms with Gasteiger partial charge in [0.25, 0.3) is 0 Å². The summed E-state index contributed by atoms with van der Waals surface area (Å²) in [7, 11) is 0. The third-order valence-corrected chi connectivity index (χ3v) is 5.58. The van der Waals surface area contributed by atoms with Crippen LogP contribution < -0.4 is 5.32 Å². The number of nitrogens with zero attached hydrogens (tertiary/aromatic N) is 3. The largest absolute Gasteiger partial charge is 0.325 e. The summed E-state index contributed by atoms with van der Waals surface area (Å²) in [6, 6.07) is 7.71. The zero-order valence-corrected chi connectivity index (χ0v) is 15.0. The van der Waals surface area contributed by atoms with E-state index >= 15 is 0 Å². The molecule has 0 aliphatic heterocycles. The predicted octanol–water partition coefficient (Wildman–Crippen LogP) is 4.26. The highest BCUT2D eigenvalue weighted by molar-refractivity contribution is 8.00. The number of anilines is 1. The standard InChI is InChI=1S/C17H19ClN4OS/c1-10(16(23)19-13-4-2-3-12(18)9-13)24-17-21-20-15(11-5-6-11)22(17)14-7-8-14/h2-4,9-11,14H,5-8H2,1H3,(H,19,23)/t10-/m0/s1. The maximum atomic E-state index is 12.4. The molecule has 4 rings (SSSR count). The predicted molar refractivity (Wildman–Crippen MR) is 95.7 cm³/mol. The Bertz CT molecular complexity index is 770. The van der Waals surface area contributed by atoms with Crippen LogP contribution in [0.5, 0.6) is 0 Å². The Morgan fingerprint density at radius 3 is 2.79 bits per heavy atom. The van der Waals surface area contributed by atoms with Gasteiger partial charge in [0.05, 0.1) is 5.25 Å². The van der Waals surface area contributed by atoms with Gasteiger partial charge >= 0.3 is 0 Å². The molecule has 0 unspecified atom stereocenters. The molecule has 7 heteroatoms. The van der Waals surface area contributed by atoms with Crippen LogP contribution in [0.3, 0.4) is 0 Å². The van der Waals surface area contributed by atoms with E-state index in [1.54, 1.807) is 12.1 Å². The van der Waals surface area contributed by atoms with Crippen LogP contribution in [0, 0.1) is 0 Å². The number of amides is 1. The topological polar surface area (TPSA) is 59.8 Å². The van der Waals surface area contributed by atoms with Crippen molar-refractivity contribution in [3.8, 4) is 0 Å². The zero-order chi connectivity index (χ0) is 16.7. The molecule has 1 N–H and O–H groups in total. The Hall–Kier alpha value is -1.53. The second-order valence-corrected chi connectivity index (χ2v) is 8.22. The van der Waals surface area contributed by atoms with E-state index in [9.17, 15) is 4.79 Å². The van der Waals surface area contributed by atoms with Gasteiger partial charge in [0.1, 0.15) is 5.82 Å². The van der Waals surface area contributed by atoms with Crippen molar-refractivity contribution in [2.75, 3.05) is 5.32 Å². The van der Waals surface area contributed by atoms with Crippen molar-refractivity contribution in [2.24, 2.45) is 0 Å². The van der Waals surface area contributed by atoms with Crippen LogP contribution in [0.4, 0.5) is 5.69 Å². The number of aromatic nitrogens is 3. The molecule has 2 fully saturated rings. The van der Waals surface area contributed by atoms with E-state index in [1.165, 1.54) is 37.4 Å². The van der Waals surface area contributed by atoms with Crippen LogP contribution in [-0.2, 0) is 4.79 Å². The zero-order valence-electron chi connectivity index (χ0n) is 13.4. The summed E-state index contributed by atoms with van der Waals surface area (Å²) in [5.74, 6) is 1.63. The van der Waals surface area contributed by atoms with Crippen LogP contribution in [0.2, 0.25) is 5.02 Å². The van der Waals surface area contributed by atoms with E-state index in [2.05, 4.69) is 20.1 Å². The first-order valence-corrected chi connectivity index (χ1v) is 9.55. The molecule has 24 heavy (non-hydrogen) atoms. The van der Waals surface area contributed by atoms with Crippen molar-refractivity contribution in [3.63, 3.8) is 0 Å². The SMILES string of the molecule is C[C@H](Sc1nnc(C2CC2)n1C1CC1)C(=O)Nc1cccc(Cl)c1. The van der Waals surface area contributed by atoms with Gasteiger partial charge in [-0.15, -0.1) is 10.2 Å². The van der Waals surface area contributed by atoms with Crippen molar-refractivity contribution in [3.05, 3.63) is 35.1 Å². The lowest BCUT2D eigenvalue weighted by atomic mass is 10.3.